The number of carboxylic acid groups (broad SMARTS) is 1. The number of rotatable bonds is 3. The fraction of sp³-hybridized carbons (Fsp3) is 0.429. The van der Waals surface area contributed by atoms with Crippen LogP contribution in [0.4, 0.5) is 5.69 Å². The molecule has 0 saturated carbocycles. The van der Waals surface area contributed by atoms with Gasteiger partial charge in [-0.1, -0.05) is 6.07 Å². The molecule has 5 heteroatoms. The minimum atomic E-state index is -0.790. The van der Waals surface area contributed by atoms with Crippen LogP contribution in [0, 0.1) is 18.3 Å². The summed E-state index contributed by atoms with van der Waals surface area (Å²) >= 11 is 0. The smallest absolute Gasteiger partial charge is 0.317 e. The average molecular weight is 259 g/mol. The lowest BCUT2D eigenvalue weighted by molar-refractivity contribution is -0.138. The Labute approximate surface area is 112 Å². The van der Waals surface area contributed by atoms with E-state index in [4.69, 9.17) is 10.4 Å². The van der Waals surface area contributed by atoms with Gasteiger partial charge >= 0.3 is 5.97 Å². The van der Waals surface area contributed by atoms with Gasteiger partial charge in [-0.25, -0.2) is 0 Å². The fourth-order valence-corrected chi connectivity index (χ4v) is 2.34. The van der Waals surface area contributed by atoms with Crippen molar-refractivity contribution in [3.8, 4) is 6.07 Å². The molecule has 0 amide bonds. The number of anilines is 1. The van der Waals surface area contributed by atoms with Gasteiger partial charge in [0.15, 0.2) is 0 Å². The molecule has 100 valence electrons. The predicted octanol–water partition coefficient (Wildman–Crippen LogP) is 1.07. The number of aliphatic carboxylic acids is 1. The Bertz CT molecular complexity index is 514. The topological polar surface area (TPSA) is 67.6 Å². The van der Waals surface area contributed by atoms with Gasteiger partial charge in [0.05, 0.1) is 17.8 Å². The Morgan fingerprint density at radius 3 is 2.63 bits per heavy atom. The monoisotopic (exact) mass is 259 g/mol. The van der Waals surface area contributed by atoms with E-state index in [2.05, 4.69) is 11.0 Å². The van der Waals surface area contributed by atoms with Gasteiger partial charge in [-0.3, -0.25) is 9.69 Å². The van der Waals surface area contributed by atoms with Gasteiger partial charge in [0.2, 0.25) is 0 Å². The molecule has 0 bridgehead atoms. The molecule has 1 N–H and O–H groups in total. The number of benzene rings is 1. The Morgan fingerprint density at radius 2 is 2.05 bits per heavy atom. The highest BCUT2D eigenvalue weighted by Gasteiger charge is 2.20. The molecule has 0 aliphatic carbocycles. The van der Waals surface area contributed by atoms with Crippen molar-refractivity contribution in [2.75, 3.05) is 37.6 Å². The summed E-state index contributed by atoms with van der Waals surface area (Å²) in [5.74, 6) is -0.790. The zero-order valence-electron chi connectivity index (χ0n) is 11.0. The van der Waals surface area contributed by atoms with Gasteiger partial charge in [-0.05, 0) is 24.6 Å². The summed E-state index contributed by atoms with van der Waals surface area (Å²) < 4.78 is 0. The normalized spacial score (nSPS) is 16.1. The first kappa shape index (κ1) is 13.4. The predicted molar refractivity (Wildman–Crippen MR) is 72.2 cm³/mol. The maximum absolute atomic E-state index is 10.7. The third-order valence-electron chi connectivity index (χ3n) is 3.35. The second-order valence-corrected chi connectivity index (χ2v) is 4.79. The zero-order chi connectivity index (χ0) is 13.8. The molecule has 1 heterocycles. The van der Waals surface area contributed by atoms with Crippen LogP contribution in [0.1, 0.15) is 11.1 Å². The summed E-state index contributed by atoms with van der Waals surface area (Å²) in [7, 11) is 0. The molecule has 1 saturated heterocycles. The number of nitriles is 1. The molecule has 2 rings (SSSR count). The largest absolute Gasteiger partial charge is 0.480 e. The maximum Gasteiger partial charge on any atom is 0.317 e. The lowest BCUT2D eigenvalue weighted by atomic mass is 10.1. The van der Waals surface area contributed by atoms with Crippen LogP contribution >= 0.6 is 0 Å². The van der Waals surface area contributed by atoms with E-state index in [-0.39, 0.29) is 6.54 Å². The first-order chi connectivity index (χ1) is 9.10. The van der Waals surface area contributed by atoms with Crippen LogP contribution in [0.25, 0.3) is 0 Å². The van der Waals surface area contributed by atoms with Crippen molar-refractivity contribution in [2.24, 2.45) is 0 Å². The van der Waals surface area contributed by atoms with E-state index >= 15 is 0 Å². The molecule has 0 aromatic heterocycles. The van der Waals surface area contributed by atoms with Crippen molar-refractivity contribution in [1.82, 2.24) is 4.90 Å². The molecular weight excluding hydrogens is 242 g/mol. The van der Waals surface area contributed by atoms with E-state index in [9.17, 15) is 4.79 Å². The van der Waals surface area contributed by atoms with Gasteiger partial charge in [0.1, 0.15) is 6.07 Å². The van der Waals surface area contributed by atoms with Crippen LogP contribution in [-0.4, -0.2) is 48.7 Å². The van der Waals surface area contributed by atoms with Crippen molar-refractivity contribution >= 4 is 11.7 Å². The van der Waals surface area contributed by atoms with E-state index in [1.807, 2.05) is 30.0 Å². The molecular formula is C14H17N3O2. The molecule has 1 aromatic rings. The molecule has 0 radical (unpaired) electrons. The first-order valence-corrected chi connectivity index (χ1v) is 6.30. The maximum atomic E-state index is 10.7. The lowest BCUT2D eigenvalue weighted by Gasteiger charge is -2.35. The number of nitrogens with zero attached hydrogens (tertiary/aromatic N) is 3. The van der Waals surface area contributed by atoms with Crippen molar-refractivity contribution in [3.05, 3.63) is 29.3 Å². The summed E-state index contributed by atoms with van der Waals surface area (Å²) in [5.41, 5.74) is 2.76. The number of piperazine rings is 1. The summed E-state index contributed by atoms with van der Waals surface area (Å²) in [6.45, 7) is 5.03. The molecule has 0 atom stereocenters. The summed E-state index contributed by atoms with van der Waals surface area (Å²) in [6.07, 6.45) is 0. The fourth-order valence-electron chi connectivity index (χ4n) is 2.34. The highest BCUT2D eigenvalue weighted by Crippen LogP contribution is 2.22. The number of aryl methyl sites for hydroxylation is 1. The molecule has 1 fully saturated rings. The number of carbonyl (C=O) groups is 1. The van der Waals surface area contributed by atoms with Crippen LogP contribution in [0.15, 0.2) is 18.2 Å². The third-order valence-corrected chi connectivity index (χ3v) is 3.35. The zero-order valence-corrected chi connectivity index (χ0v) is 11.0. The van der Waals surface area contributed by atoms with Crippen LogP contribution in [0.3, 0.4) is 0 Å². The van der Waals surface area contributed by atoms with E-state index < -0.39 is 5.97 Å². The molecule has 19 heavy (non-hydrogen) atoms. The van der Waals surface area contributed by atoms with Gasteiger partial charge in [0.25, 0.3) is 0 Å². The van der Waals surface area contributed by atoms with Gasteiger partial charge in [0, 0.05) is 26.2 Å². The van der Waals surface area contributed by atoms with Crippen LogP contribution < -0.4 is 4.90 Å². The second-order valence-electron chi connectivity index (χ2n) is 4.79. The molecule has 0 unspecified atom stereocenters. The average Bonchev–Trinajstić information content (AvgIpc) is 2.39. The Kier molecular flexibility index (Phi) is 4.03. The summed E-state index contributed by atoms with van der Waals surface area (Å²) in [5, 5.41) is 17.9. The molecule has 1 aromatic carbocycles. The first-order valence-electron chi connectivity index (χ1n) is 6.30. The Morgan fingerprint density at radius 1 is 1.37 bits per heavy atom. The quantitative estimate of drug-likeness (QED) is 0.879. The highest BCUT2D eigenvalue weighted by atomic mass is 16.4. The molecule has 1 aliphatic rings. The second kappa shape index (κ2) is 5.72. The van der Waals surface area contributed by atoms with Crippen molar-refractivity contribution in [2.45, 2.75) is 6.92 Å². The molecule has 1 aliphatic heterocycles. The number of hydrogen-bond acceptors (Lipinski definition) is 4. The van der Waals surface area contributed by atoms with E-state index in [0.717, 1.165) is 24.3 Å². The number of carboxylic acids is 1. The third kappa shape index (κ3) is 3.24. The Balaban J connectivity index is 2.07. The van der Waals surface area contributed by atoms with Gasteiger partial charge in [-0.15, -0.1) is 0 Å². The molecule has 5 nitrogen and oxygen atoms in total. The lowest BCUT2D eigenvalue weighted by Crippen LogP contribution is -2.48. The van der Waals surface area contributed by atoms with Crippen LogP contribution in [0.5, 0.6) is 0 Å². The van der Waals surface area contributed by atoms with Crippen LogP contribution in [0.2, 0.25) is 0 Å². The van der Waals surface area contributed by atoms with Gasteiger partial charge < -0.3 is 10.0 Å². The molecule has 0 spiro atoms. The standard InChI is InChI=1S/C14H17N3O2/c1-11-2-3-12(9-15)13(8-11)17-6-4-16(5-7-17)10-14(18)19/h2-3,8H,4-7,10H2,1H3,(H,18,19). The number of hydrogen-bond donors (Lipinski definition) is 1. The minimum Gasteiger partial charge on any atom is -0.480 e. The van der Waals surface area contributed by atoms with Gasteiger partial charge in [-0.2, -0.15) is 5.26 Å². The van der Waals surface area contributed by atoms with Crippen molar-refractivity contribution in [1.29, 1.82) is 5.26 Å². The SMILES string of the molecule is Cc1ccc(C#N)c(N2CCN(CC(=O)O)CC2)c1. The minimum absolute atomic E-state index is 0.0900. The summed E-state index contributed by atoms with van der Waals surface area (Å²) in [6, 6.07) is 8.01. The summed E-state index contributed by atoms with van der Waals surface area (Å²) in [4.78, 5) is 14.7. The van der Waals surface area contributed by atoms with Crippen molar-refractivity contribution < 1.29 is 9.90 Å². The highest BCUT2D eigenvalue weighted by molar-refractivity contribution is 5.69. The van der Waals surface area contributed by atoms with Crippen molar-refractivity contribution in [3.63, 3.8) is 0 Å². The van der Waals surface area contributed by atoms with Crippen LogP contribution in [-0.2, 0) is 4.79 Å². The van der Waals surface area contributed by atoms with E-state index in [0.29, 0.717) is 18.7 Å². The Hall–Kier alpha value is -2.06. The van der Waals surface area contributed by atoms with E-state index in [1.54, 1.807) is 0 Å². The van der Waals surface area contributed by atoms with E-state index in [1.165, 1.54) is 0 Å².